The number of para-hydroxylation sites is 1. The third kappa shape index (κ3) is 1.12. The molecule has 3 rings (SSSR count). The summed E-state index contributed by atoms with van der Waals surface area (Å²) in [5.41, 5.74) is 2.36. The van der Waals surface area contributed by atoms with Crippen LogP contribution in [0, 0.1) is 0 Å². The molecule has 0 spiro atoms. The van der Waals surface area contributed by atoms with Gasteiger partial charge < -0.3 is 9.73 Å². The molecule has 14 heavy (non-hydrogen) atoms. The predicted octanol–water partition coefficient (Wildman–Crippen LogP) is 2.84. The Kier molecular flexibility index (Phi) is 1.89. The van der Waals surface area contributed by atoms with Gasteiger partial charge in [0.25, 0.3) is 0 Å². The van der Waals surface area contributed by atoms with Crippen molar-refractivity contribution in [2.45, 2.75) is 13.0 Å². The highest BCUT2D eigenvalue weighted by Crippen LogP contribution is 2.32. The van der Waals surface area contributed by atoms with Crippen LogP contribution in [0.15, 0.2) is 27.1 Å². The van der Waals surface area contributed by atoms with E-state index in [1.807, 2.05) is 6.07 Å². The first-order chi connectivity index (χ1) is 6.86. The van der Waals surface area contributed by atoms with E-state index in [4.69, 9.17) is 4.42 Å². The lowest BCUT2D eigenvalue weighted by Crippen LogP contribution is -2.22. The van der Waals surface area contributed by atoms with E-state index < -0.39 is 0 Å². The van der Waals surface area contributed by atoms with E-state index in [9.17, 15) is 0 Å². The number of hydrogen-bond donors (Lipinski definition) is 1. The van der Waals surface area contributed by atoms with Crippen LogP contribution >= 0.6 is 15.9 Å². The molecular formula is C11H10BrNO. The van der Waals surface area contributed by atoms with Gasteiger partial charge in [-0.15, -0.1) is 0 Å². The van der Waals surface area contributed by atoms with E-state index >= 15 is 0 Å². The summed E-state index contributed by atoms with van der Waals surface area (Å²) < 4.78 is 6.86. The molecule has 72 valence electrons. The number of nitrogens with one attached hydrogen (secondary N) is 1. The third-order valence-electron chi connectivity index (χ3n) is 2.69. The van der Waals surface area contributed by atoms with E-state index in [-0.39, 0.29) is 0 Å². The lowest BCUT2D eigenvalue weighted by Gasteiger charge is -2.10. The molecule has 0 amide bonds. The first-order valence-electron chi connectivity index (χ1n) is 4.76. The Hall–Kier alpha value is -0.800. The van der Waals surface area contributed by atoms with Crippen molar-refractivity contribution in [1.82, 2.24) is 5.32 Å². The van der Waals surface area contributed by atoms with Crippen molar-refractivity contribution in [3.05, 3.63) is 34.0 Å². The van der Waals surface area contributed by atoms with Crippen molar-refractivity contribution in [3.8, 4) is 0 Å². The van der Waals surface area contributed by atoms with Crippen molar-refractivity contribution in [1.29, 1.82) is 0 Å². The second-order valence-corrected chi connectivity index (χ2v) is 4.40. The topological polar surface area (TPSA) is 25.2 Å². The summed E-state index contributed by atoms with van der Waals surface area (Å²) in [6.45, 7) is 1.91. The Morgan fingerprint density at radius 1 is 1.36 bits per heavy atom. The van der Waals surface area contributed by atoms with Crippen molar-refractivity contribution in [2.24, 2.45) is 0 Å². The Labute approximate surface area is 90.4 Å². The van der Waals surface area contributed by atoms with Gasteiger partial charge in [-0.05, 0) is 35.0 Å². The van der Waals surface area contributed by atoms with Crippen molar-refractivity contribution >= 4 is 26.9 Å². The molecule has 2 aromatic rings. The van der Waals surface area contributed by atoms with Gasteiger partial charge in [0.1, 0.15) is 11.3 Å². The summed E-state index contributed by atoms with van der Waals surface area (Å²) in [4.78, 5) is 0. The Morgan fingerprint density at radius 3 is 3.21 bits per heavy atom. The summed E-state index contributed by atoms with van der Waals surface area (Å²) >= 11 is 3.51. The molecule has 1 aromatic carbocycles. The zero-order valence-corrected chi connectivity index (χ0v) is 9.23. The molecule has 2 heterocycles. The standard InChI is InChI=1S/C11H10BrNO/c12-9-3-1-2-8-7-4-5-13-6-10(7)14-11(8)9/h1-3,13H,4-6H2. The largest absolute Gasteiger partial charge is 0.458 e. The molecule has 0 saturated carbocycles. The van der Waals surface area contributed by atoms with Crippen LogP contribution in [0.5, 0.6) is 0 Å². The van der Waals surface area contributed by atoms with E-state index in [1.165, 1.54) is 10.9 Å². The number of fused-ring (bicyclic) bond motifs is 3. The van der Waals surface area contributed by atoms with Crippen LogP contribution in [0.3, 0.4) is 0 Å². The van der Waals surface area contributed by atoms with Crippen LogP contribution in [-0.4, -0.2) is 6.54 Å². The van der Waals surface area contributed by atoms with Gasteiger partial charge in [0.05, 0.1) is 11.0 Å². The van der Waals surface area contributed by atoms with Gasteiger partial charge in [-0.1, -0.05) is 12.1 Å². The Morgan fingerprint density at radius 2 is 2.29 bits per heavy atom. The van der Waals surface area contributed by atoms with E-state index in [0.29, 0.717) is 0 Å². The Bertz CT molecular complexity index is 489. The second-order valence-electron chi connectivity index (χ2n) is 3.55. The van der Waals surface area contributed by atoms with Gasteiger partial charge >= 0.3 is 0 Å². The van der Waals surface area contributed by atoms with Crippen LogP contribution in [0.2, 0.25) is 0 Å². The molecular weight excluding hydrogens is 242 g/mol. The lowest BCUT2D eigenvalue weighted by molar-refractivity contribution is 0.487. The van der Waals surface area contributed by atoms with Crippen molar-refractivity contribution in [3.63, 3.8) is 0 Å². The van der Waals surface area contributed by atoms with Gasteiger partial charge in [-0.25, -0.2) is 0 Å². The number of hydrogen-bond acceptors (Lipinski definition) is 2. The molecule has 1 aliphatic rings. The zero-order valence-electron chi connectivity index (χ0n) is 7.64. The molecule has 3 heteroatoms. The van der Waals surface area contributed by atoms with Crippen LogP contribution in [0.4, 0.5) is 0 Å². The molecule has 0 fully saturated rings. The minimum atomic E-state index is 0.858. The summed E-state index contributed by atoms with van der Waals surface area (Å²) in [5, 5.41) is 4.57. The molecule has 1 aromatic heterocycles. The van der Waals surface area contributed by atoms with Crippen molar-refractivity contribution < 1.29 is 4.42 Å². The molecule has 0 atom stereocenters. The fraction of sp³-hybridized carbons (Fsp3) is 0.273. The molecule has 1 aliphatic heterocycles. The van der Waals surface area contributed by atoms with Crippen LogP contribution in [-0.2, 0) is 13.0 Å². The highest BCUT2D eigenvalue weighted by atomic mass is 79.9. The smallest absolute Gasteiger partial charge is 0.148 e. The number of rotatable bonds is 0. The first kappa shape index (κ1) is 8.50. The van der Waals surface area contributed by atoms with Crippen LogP contribution in [0.1, 0.15) is 11.3 Å². The van der Waals surface area contributed by atoms with Gasteiger partial charge in [0.15, 0.2) is 0 Å². The molecule has 0 bridgehead atoms. The number of halogens is 1. The maximum absolute atomic E-state index is 5.81. The van der Waals surface area contributed by atoms with Crippen molar-refractivity contribution in [2.75, 3.05) is 6.54 Å². The normalized spacial score (nSPS) is 15.8. The fourth-order valence-electron chi connectivity index (χ4n) is 2.02. The maximum Gasteiger partial charge on any atom is 0.148 e. The quantitative estimate of drug-likeness (QED) is 0.779. The van der Waals surface area contributed by atoms with E-state index in [0.717, 1.165) is 35.3 Å². The summed E-state index contributed by atoms with van der Waals surface area (Å²) in [7, 11) is 0. The minimum Gasteiger partial charge on any atom is -0.458 e. The van der Waals surface area contributed by atoms with Gasteiger partial charge in [0, 0.05) is 10.9 Å². The molecule has 0 unspecified atom stereocenters. The second kappa shape index (κ2) is 3.11. The monoisotopic (exact) mass is 251 g/mol. The highest BCUT2D eigenvalue weighted by Gasteiger charge is 2.17. The van der Waals surface area contributed by atoms with Crippen LogP contribution < -0.4 is 5.32 Å². The first-order valence-corrected chi connectivity index (χ1v) is 5.55. The van der Waals surface area contributed by atoms with Crippen LogP contribution in [0.25, 0.3) is 11.0 Å². The molecule has 2 nitrogen and oxygen atoms in total. The lowest BCUT2D eigenvalue weighted by atomic mass is 10.1. The number of benzene rings is 1. The highest BCUT2D eigenvalue weighted by molar-refractivity contribution is 9.10. The number of furan rings is 1. The Balaban J connectivity index is 2.36. The average molecular weight is 252 g/mol. The molecule has 1 N–H and O–H groups in total. The third-order valence-corrected chi connectivity index (χ3v) is 3.32. The summed E-state index contributed by atoms with van der Waals surface area (Å²) in [5.74, 6) is 1.10. The fourth-order valence-corrected chi connectivity index (χ4v) is 2.46. The SMILES string of the molecule is Brc1cccc2c3c(oc12)CNCC3. The van der Waals surface area contributed by atoms with Gasteiger partial charge in [-0.2, -0.15) is 0 Å². The van der Waals surface area contributed by atoms with Gasteiger partial charge in [0.2, 0.25) is 0 Å². The average Bonchev–Trinajstić information content (AvgIpc) is 2.59. The van der Waals surface area contributed by atoms with E-state index in [2.05, 4.69) is 33.4 Å². The maximum atomic E-state index is 5.81. The summed E-state index contributed by atoms with van der Waals surface area (Å²) in [6.07, 6.45) is 1.07. The molecule has 0 radical (unpaired) electrons. The molecule has 0 aliphatic carbocycles. The zero-order chi connectivity index (χ0) is 9.54. The van der Waals surface area contributed by atoms with E-state index in [1.54, 1.807) is 0 Å². The molecule has 0 saturated heterocycles. The summed E-state index contributed by atoms with van der Waals surface area (Å²) in [6, 6.07) is 6.21. The minimum absolute atomic E-state index is 0.858. The van der Waals surface area contributed by atoms with Gasteiger partial charge in [-0.3, -0.25) is 0 Å². The predicted molar refractivity (Wildman–Crippen MR) is 59.3 cm³/mol.